The molecule has 0 fully saturated rings. The van der Waals surface area contributed by atoms with E-state index in [1.54, 1.807) is 48.5 Å². The van der Waals surface area contributed by atoms with Gasteiger partial charge in [-0.1, -0.05) is 26.8 Å². The summed E-state index contributed by atoms with van der Waals surface area (Å²) < 4.78 is 5.32. The van der Waals surface area contributed by atoms with Gasteiger partial charge in [0.2, 0.25) is 11.8 Å². The van der Waals surface area contributed by atoms with Crippen LogP contribution in [0.3, 0.4) is 0 Å². The molecular weight excluding hydrogens is 332 g/mol. The number of carbonyl (C=O) groups excluding carboxylic acids is 3. The molecule has 0 unspecified atom stereocenters. The van der Waals surface area contributed by atoms with E-state index in [0.717, 1.165) is 0 Å². The minimum absolute atomic E-state index is 0.142. The number of nitrogens with one attached hydrogen (secondary N) is 2. The molecule has 2 amide bonds. The molecule has 2 aromatic rings. The third kappa shape index (κ3) is 5.44. The summed E-state index contributed by atoms with van der Waals surface area (Å²) in [6, 6.07) is 13.0. The maximum atomic E-state index is 12.3. The smallest absolute Gasteiger partial charge is 0.343 e. The predicted octanol–water partition coefficient (Wildman–Crippen LogP) is 3.85. The second-order valence-corrected chi connectivity index (χ2v) is 6.88. The Morgan fingerprint density at radius 1 is 0.885 bits per heavy atom. The van der Waals surface area contributed by atoms with Crippen molar-refractivity contribution < 1.29 is 19.1 Å². The Morgan fingerprint density at radius 3 is 2.12 bits per heavy atom. The summed E-state index contributed by atoms with van der Waals surface area (Å²) in [6.45, 7) is 6.85. The van der Waals surface area contributed by atoms with Crippen LogP contribution in [0.25, 0.3) is 0 Å². The number of esters is 1. The Balaban J connectivity index is 2.06. The van der Waals surface area contributed by atoms with E-state index < -0.39 is 11.4 Å². The van der Waals surface area contributed by atoms with Crippen LogP contribution in [0.1, 0.15) is 38.1 Å². The van der Waals surface area contributed by atoms with Gasteiger partial charge in [-0.15, -0.1) is 0 Å². The van der Waals surface area contributed by atoms with Gasteiger partial charge in [0.15, 0.2) is 0 Å². The molecule has 6 heteroatoms. The van der Waals surface area contributed by atoms with Crippen molar-refractivity contribution in [2.45, 2.75) is 27.7 Å². The zero-order valence-corrected chi connectivity index (χ0v) is 15.3. The first kappa shape index (κ1) is 19.2. The molecule has 0 saturated heterocycles. The summed E-state index contributed by atoms with van der Waals surface area (Å²) in [5.41, 5.74) is 0.929. The van der Waals surface area contributed by atoms with Crippen molar-refractivity contribution in [2.24, 2.45) is 5.41 Å². The molecule has 0 heterocycles. The highest BCUT2D eigenvalue weighted by molar-refractivity contribution is 5.97. The summed E-state index contributed by atoms with van der Waals surface area (Å²) in [7, 11) is 0. The maximum Gasteiger partial charge on any atom is 0.343 e. The number of ether oxygens (including phenoxy) is 1. The van der Waals surface area contributed by atoms with Gasteiger partial charge < -0.3 is 15.4 Å². The van der Waals surface area contributed by atoms with E-state index in [9.17, 15) is 14.4 Å². The van der Waals surface area contributed by atoms with Gasteiger partial charge >= 0.3 is 5.97 Å². The van der Waals surface area contributed by atoms with Gasteiger partial charge in [0.1, 0.15) is 5.75 Å². The number of amides is 2. The van der Waals surface area contributed by atoms with E-state index in [1.807, 2.05) is 20.8 Å². The second-order valence-electron chi connectivity index (χ2n) is 6.88. The first-order chi connectivity index (χ1) is 12.1. The van der Waals surface area contributed by atoms with Gasteiger partial charge in [-0.2, -0.15) is 0 Å². The Labute approximate surface area is 152 Å². The average molecular weight is 354 g/mol. The Kier molecular flexibility index (Phi) is 5.77. The van der Waals surface area contributed by atoms with Crippen molar-refractivity contribution in [3.8, 4) is 5.75 Å². The van der Waals surface area contributed by atoms with E-state index in [4.69, 9.17) is 4.74 Å². The van der Waals surface area contributed by atoms with Crippen molar-refractivity contribution in [3.05, 3.63) is 54.1 Å². The fraction of sp³-hybridized carbons (Fsp3) is 0.250. The quantitative estimate of drug-likeness (QED) is 0.645. The molecule has 0 aliphatic heterocycles. The number of hydrogen-bond donors (Lipinski definition) is 2. The molecule has 0 aliphatic rings. The van der Waals surface area contributed by atoms with Crippen LogP contribution >= 0.6 is 0 Å². The van der Waals surface area contributed by atoms with Gasteiger partial charge in [0, 0.05) is 23.7 Å². The molecule has 0 aromatic heterocycles. The van der Waals surface area contributed by atoms with Crippen LogP contribution in [0.15, 0.2) is 48.5 Å². The standard InChI is InChI=1S/C20H22N2O4/c1-13(23)21-15-8-10-17(11-9-15)26-18(24)14-6-5-7-16(12-14)22-19(25)20(2,3)4/h5-12H,1-4H3,(H,21,23)(H,22,25). The van der Waals surface area contributed by atoms with E-state index in [2.05, 4.69) is 10.6 Å². The van der Waals surface area contributed by atoms with Gasteiger partial charge in [0.05, 0.1) is 5.56 Å². The van der Waals surface area contributed by atoms with Crippen molar-refractivity contribution in [1.29, 1.82) is 0 Å². The summed E-state index contributed by atoms with van der Waals surface area (Å²) in [5, 5.41) is 5.41. The monoisotopic (exact) mass is 354 g/mol. The number of anilines is 2. The third-order valence-corrected chi connectivity index (χ3v) is 3.42. The topological polar surface area (TPSA) is 84.5 Å². The molecule has 0 saturated carbocycles. The Morgan fingerprint density at radius 2 is 1.54 bits per heavy atom. The van der Waals surface area contributed by atoms with Crippen molar-refractivity contribution in [2.75, 3.05) is 10.6 Å². The highest BCUT2D eigenvalue weighted by atomic mass is 16.5. The predicted molar refractivity (Wildman–Crippen MR) is 100 cm³/mol. The number of hydrogen-bond acceptors (Lipinski definition) is 4. The molecular formula is C20H22N2O4. The molecule has 2 rings (SSSR count). The summed E-state index contributed by atoms with van der Waals surface area (Å²) in [6.07, 6.45) is 0. The highest BCUT2D eigenvalue weighted by Crippen LogP contribution is 2.20. The molecule has 0 radical (unpaired) electrons. The first-order valence-electron chi connectivity index (χ1n) is 8.16. The van der Waals surface area contributed by atoms with Gasteiger partial charge in [-0.3, -0.25) is 9.59 Å². The molecule has 0 aliphatic carbocycles. The first-order valence-corrected chi connectivity index (χ1v) is 8.16. The minimum Gasteiger partial charge on any atom is -0.423 e. The number of rotatable bonds is 4. The zero-order chi connectivity index (χ0) is 19.3. The van der Waals surface area contributed by atoms with Crippen LogP contribution in [0.5, 0.6) is 5.75 Å². The van der Waals surface area contributed by atoms with E-state index in [0.29, 0.717) is 22.7 Å². The number of carbonyl (C=O) groups is 3. The lowest BCUT2D eigenvalue weighted by Gasteiger charge is -2.17. The van der Waals surface area contributed by atoms with E-state index >= 15 is 0 Å². The fourth-order valence-corrected chi connectivity index (χ4v) is 2.02. The maximum absolute atomic E-state index is 12.3. The van der Waals surface area contributed by atoms with Gasteiger partial charge in [-0.05, 0) is 42.5 Å². The molecule has 136 valence electrons. The van der Waals surface area contributed by atoms with Crippen LogP contribution in [0, 0.1) is 5.41 Å². The van der Waals surface area contributed by atoms with Crippen LogP contribution in [0.2, 0.25) is 0 Å². The SMILES string of the molecule is CC(=O)Nc1ccc(OC(=O)c2cccc(NC(=O)C(C)(C)C)c2)cc1. The van der Waals surface area contributed by atoms with E-state index in [1.165, 1.54) is 6.92 Å². The van der Waals surface area contributed by atoms with Crippen LogP contribution in [0.4, 0.5) is 11.4 Å². The lowest BCUT2D eigenvalue weighted by Crippen LogP contribution is -2.27. The summed E-state index contributed by atoms with van der Waals surface area (Å²) in [5.74, 6) is -0.502. The minimum atomic E-state index is -0.538. The average Bonchev–Trinajstić information content (AvgIpc) is 2.55. The molecule has 0 spiro atoms. The normalized spacial score (nSPS) is 10.8. The Hall–Kier alpha value is -3.15. The van der Waals surface area contributed by atoms with Crippen molar-refractivity contribution in [3.63, 3.8) is 0 Å². The molecule has 0 bridgehead atoms. The second kappa shape index (κ2) is 7.82. The molecule has 0 atom stereocenters. The van der Waals surface area contributed by atoms with Crippen LogP contribution in [-0.2, 0) is 9.59 Å². The lowest BCUT2D eigenvalue weighted by molar-refractivity contribution is -0.123. The summed E-state index contributed by atoms with van der Waals surface area (Å²) >= 11 is 0. The third-order valence-electron chi connectivity index (χ3n) is 3.42. The Bertz CT molecular complexity index is 820. The number of benzene rings is 2. The molecule has 26 heavy (non-hydrogen) atoms. The highest BCUT2D eigenvalue weighted by Gasteiger charge is 2.21. The largest absolute Gasteiger partial charge is 0.423 e. The van der Waals surface area contributed by atoms with Crippen molar-refractivity contribution >= 4 is 29.2 Å². The van der Waals surface area contributed by atoms with E-state index in [-0.39, 0.29) is 11.8 Å². The zero-order valence-electron chi connectivity index (χ0n) is 15.3. The van der Waals surface area contributed by atoms with Gasteiger partial charge in [-0.25, -0.2) is 4.79 Å². The lowest BCUT2D eigenvalue weighted by atomic mass is 9.95. The van der Waals surface area contributed by atoms with Crippen LogP contribution in [-0.4, -0.2) is 17.8 Å². The van der Waals surface area contributed by atoms with Crippen LogP contribution < -0.4 is 15.4 Å². The van der Waals surface area contributed by atoms with Crippen molar-refractivity contribution in [1.82, 2.24) is 0 Å². The molecule has 2 aromatic carbocycles. The fourth-order valence-electron chi connectivity index (χ4n) is 2.02. The summed E-state index contributed by atoms with van der Waals surface area (Å²) in [4.78, 5) is 35.4. The molecule has 2 N–H and O–H groups in total. The van der Waals surface area contributed by atoms with Gasteiger partial charge in [0.25, 0.3) is 0 Å². The molecule has 6 nitrogen and oxygen atoms in total.